The Morgan fingerprint density at radius 3 is 2.69 bits per heavy atom. The van der Waals surface area contributed by atoms with Gasteiger partial charge in [-0.25, -0.2) is 9.59 Å². The van der Waals surface area contributed by atoms with Gasteiger partial charge in [-0.1, -0.05) is 6.07 Å². The minimum atomic E-state index is -0.117. The Hall–Kier alpha value is -3.29. The number of pyridine rings is 1. The lowest BCUT2D eigenvalue weighted by Gasteiger charge is -2.31. The third kappa shape index (κ3) is 4.26. The molecule has 2 aromatic rings. The van der Waals surface area contributed by atoms with E-state index in [0.717, 1.165) is 30.0 Å². The van der Waals surface area contributed by atoms with Crippen molar-refractivity contribution in [2.75, 3.05) is 43.5 Å². The highest BCUT2D eigenvalue weighted by atomic mass is 16.5. The zero-order chi connectivity index (χ0) is 20.2. The summed E-state index contributed by atoms with van der Waals surface area (Å²) in [4.78, 5) is 32.5. The Bertz CT molecular complexity index is 878. The average molecular weight is 395 g/mol. The normalized spacial score (nSPS) is 17.2. The Morgan fingerprint density at radius 1 is 1.21 bits per heavy atom. The summed E-state index contributed by atoms with van der Waals surface area (Å²) < 4.78 is 5.16. The number of carbonyl (C=O) groups excluding carboxylic acids is 2. The van der Waals surface area contributed by atoms with Crippen molar-refractivity contribution in [2.45, 2.75) is 18.8 Å². The predicted octanol–water partition coefficient (Wildman–Crippen LogP) is 3.03. The van der Waals surface area contributed by atoms with Gasteiger partial charge in [0.1, 0.15) is 5.75 Å². The summed E-state index contributed by atoms with van der Waals surface area (Å²) in [5.74, 6) is 1.10. The van der Waals surface area contributed by atoms with Gasteiger partial charge >= 0.3 is 12.1 Å². The monoisotopic (exact) mass is 395 g/mol. The van der Waals surface area contributed by atoms with Crippen LogP contribution >= 0.6 is 0 Å². The third-order valence-corrected chi connectivity index (χ3v) is 5.46. The van der Waals surface area contributed by atoms with E-state index < -0.39 is 0 Å². The van der Waals surface area contributed by atoms with E-state index in [0.29, 0.717) is 37.8 Å². The highest BCUT2D eigenvalue weighted by molar-refractivity contribution is 5.95. The molecule has 0 bridgehead atoms. The molecule has 0 radical (unpaired) electrons. The van der Waals surface area contributed by atoms with E-state index >= 15 is 0 Å². The van der Waals surface area contributed by atoms with Crippen LogP contribution in [0.3, 0.4) is 0 Å². The van der Waals surface area contributed by atoms with E-state index in [1.165, 1.54) is 0 Å². The number of hydrogen-bond acceptors (Lipinski definition) is 4. The second kappa shape index (κ2) is 8.38. The van der Waals surface area contributed by atoms with Crippen molar-refractivity contribution < 1.29 is 14.3 Å². The van der Waals surface area contributed by atoms with E-state index in [1.807, 2.05) is 41.3 Å². The Labute approximate surface area is 169 Å². The maximum Gasteiger partial charge on any atom is 0.321 e. The Balaban J connectivity index is 1.33. The van der Waals surface area contributed by atoms with E-state index in [9.17, 15) is 9.59 Å². The summed E-state index contributed by atoms with van der Waals surface area (Å²) in [5.41, 5.74) is 2.51. The van der Waals surface area contributed by atoms with Crippen LogP contribution in [0.4, 0.5) is 21.0 Å². The molecule has 8 heteroatoms. The van der Waals surface area contributed by atoms with E-state index in [1.54, 1.807) is 18.2 Å². The topological polar surface area (TPSA) is 86.8 Å². The zero-order valence-corrected chi connectivity index (χ0v) is 16.4. The van der Waals surface area contributed by atoms with Crippen LogP contribution in [-0.2, 0) is 0 Å². The van der Waals surface area contributed by atoms with Gasteiger partial charge in [0.05, 0.1) is 13.3 Å². The Morgan fingerprint density at radius 2 is 2.03 bits per heavy atom. The number of nitrogens with zero attached hydrogens (tertiary/aromatic N) is 3. The lowest BCUT2D eigenvalue weighted by atomic mass is 9.93. The molecular weight excluding hydrogens is 370 g/mol. The van der Waals surface area contributed by atoms with Gasteiger partial charge in [-0.2, -0.15) is 0 Å². The number of aromatic nitrogens is 1. The van der Waals surface area contributed by atoms with Crippen LogP contribution in [0.1, 0.15) is 24.5 Å². The van der Waals surface area contributed by atoms with E-state index in [4.69, 9.17) is 4.74 Å². The molecule has 0 unspecified atom stereocenters. The molecule has 1 aromatic carbocycles. The van der Waals surface area contributed by atoms with Crippen LogP contribution in [0.2, 0.25) is 0 Å². The number of urea groups is 2. The minimum absolute atomic E-state index is 0.109. The van der Waals surface area contributed by atoms with Gasteiger partial charge in [0, 0.05) is 49.2 Å². The van der Waals surface area contributed by atoms with Crippen molar-refractivity contribution in [1.29, 1.82) is 0 Å². The zero-order valence-electron chi connectivity index (χ0n) is 16.4. The number of anilines is 2. The second-order valence-electron chi connectivity index (χ2n) is 7.25. The quantitative estimate of drug-likeness (QED) is 0.833. The number of nitrogens with one attached hydrogen (secondary N) is 2. The molecule has 2 aliphatic heterocycles. The van der Waals surface area contributed by atoms with Crippen LogP contribution in [0.5, 0.6) is 5.75 Å². The molecule has 152 valence electrons. The summed E-state index contributed by atoms with van der Waals surface area (Å²) >= 11 is 0. The van der Waals surface area contributed by atoms with Crippen molar-refractivity contribution in [1.82, 2.24) is 15.2 Å². The maximum atomic E-state index is 12.7. The van der Waals surface area contributed by atoms with Crippen molar-refractivity contribution in [3.63, 3.8) is 0 Å². The van der Waals surface area contributed by atoms with Crippen LogP contribution in [-0.4, -0.2) is 55.2 Å². The van der Waals surface area contributed by atoms with Crippen LogP contribution < -0.4 is 20.3 Å². The lowest BCUT2D eigenvalue weighted by Crippen LogP contribution is -2.40. The summed E-state index contributed by atoms with van der Waals surface area (Å²) in [6.45, 7) is 2.62. The molecule has 0 aliphatic carbocycles. The maximum absolute atomic E-state index is 12.7. The molecule has 0 spiro atoms. The fourth-order valence-electron chi connectivity index (χ4n) is 3.80. The molecule has 3 heterocycles. The lowest BCUT2D eigenvalue weighted by molar-refractivity contribution is 0.194. The number of hydrogen-bond donors (Lipinski definition) is 2. The van der Waals surface area contributed by atoms with Gasteiger partial charge in [-0.3, -0.25) is 9.88 Å². The number of amides is 4. The smallest absolute Gasteiger partial charge is 0.321 e. The number of likely N-dealkylation sites (tertiary alicyclic amines) is 1. The fourth-order valence-corrected chi connectivity index (χ4v) is 3.80. The van der Waals surface area contributed by atoms with Crippen LogP contribution in [0.15, 0.2) is 42.6 Å². The molecule has 2 saturated heterocycles. The summed E-state index contributed by atoms with van der Waals surface area (Å²) in [5, 5.41) is 5.74. The molecule has 29 heavy (non-hydrogen) atoms. The first-order valence-electron chi connectivity index (χ1n) is 9.85. The number of ether oxygens (including phenoxy) is 1. The second-order valence-corrected chi connectivity index (χ2v) is 7.25. The first-order chi connectivity index (χ1) is 14.1. The average Bonchev–Trinajstić information content (AvgIpc) is 3.20. The fraction of sp³-hybridized carbons (Fsp3) is 0.381. The standard InChI is InChI=1S/C21H25N5O3/c1-29-18-5-6-19(23-14-18)15-7-10-25(11-8-15)21(28)24-16-3-2-4-17(13-16)26-12-9-22-20(26)27/h2-6,13-15H,7-12H2,1H3,(H,22,27)(H,24,28). The number of carbonyl (C=O) groups is 2. The molecule has 8 nitrogen and oxygen atoms in total. The van der Waals surface area contributed by atoms with Gasteiger partial charge in [0.15, 0.2) is 0 Å². The molecular formula is C21H25N5O3. The molecule has 2 N–H and O–H groups in total. The molecule has 0 saturated carbocycles. The molecule has 0 atom stereocenters. The molecule has 4 rings (SSSR count). The SMILES string of the molecule is COc1ccc(C2CCN(C(=O)Nc3cccc(N4CCNC4=O)c3)CC2)nc1. The van der Waals surface area contributed by atoms with Crippen molar-refractivity contribution >= 4 is 23.4 Å². The third-order valence-electron chi connectivity index (χ3n) is 5.46. The number of benzene rings is 1. The van der Waals surface area contributed by atoms with E-state index in [2.05, 4.69) is 15.6 Å². The highest BCUT2D eigenvalue weighted by Gasteiger charge is 2.25. The predicted molar refractivity (Wildman–Crippen MR) is 111 cm³/mol. The van der Waals surface area contributed by atoms with Gasteiger partial charge < -0.3 is 20.3 Å². The first kappa shape index (κ1) is 19.0. The van der Waals surface area contributed by atoms with Crippen molar-refractivity contribution in [3.8, 4) is 5.75 Å². The van der Waals surface area contributed by atoms with Gasteiger partial charge in [-0.15, -0.1) is 0 Å². The summed E-state index contributed by atoms with van der Waals surface area (Å²) in [6, 6.07) is 11.1. The molecule has 2 aliphatic rings. The van der Waals surface area contributed by atoms with Crippen molar-refractivity contribution in [3.05, 3.63) is 48.3 Å². The van der Waals surface area contributed by atoms with E-state index in [-0.39, 0.29) is 12.1 Å². The van der Waals surface area contributed by atoms with Crippen LogP contribution in [0.25, 0.3) is 0 Å². The Kier molecular flexibility index (Phi) is 5.50. The highest BCUT2D eigenvalue weighted by Crippen LogP contribution is 2.28. The molecule has 2 fully saturated rings. The first-order valence-corrected chi connectivity index (χ1v) is 9.85. The molecule has 4 amide bonds. The summed E-state index contributed by atoms with van der Waals surface area (Å²) in [7, 11) is 1.63. The van der Waals surface area contributed by atoms with Gasteiger partial charge in [-0.05, 0) is 43.2 Å². The molecule has 1 aromatic heterocycles. The number of rotatable bonds is 4. The number of methoxy groups -OCH3 is 1. The summed E-state index contributed by atoms with van der Waals surface area (Å²) in [6.07, 6.45) is 3.49. The van der Waals surface area contributed by atoms with Gasteiger partial charge in [0.2, 0.25) is 0 Å². The minimum Gasteiger partial charge on any atom is -0.495 e. The van der Waals surface area contributed by atoms with Gasteiger partial charge in [0.25, 0.3) is 0 Å². The largest absolute Gasteiger partial charge is 0.495 e. The van der Waals surface area contributed by atoms with Crippen molar-refractivity contribution in [2.24, 2.45) is 0 Å². The van der Waals surface area contributed by atoms with Crippen LogP contribution in [0, 0.1) is 0 Å². The number of piperidine rings is 1.